The summed E-state index contributed by atoms with van der Waals surface area (Å²) in [5.41, 5.74) is -1.44. The molecule has 0 heterocycles. The molecular formula is C24H25F3N2O5. The van der Waals surface area contributed by atoms with E-state index in [1.165, 1.54) is 30.3 Å². The molecule has 182 valence electrons. The largest absolute Gasteiger partial charge is 0.484 e. The first kappa shape index (κ1) is 23.9. The number of benzene rings is 2. The number of ether oxygens (including phenoxy) is 2. The maximum Gasteiger partial charge on any atom is 0.258 e. The van der Waals surface area contributed by atoms with Crippen LogP contribution in [0.15, 0.2) is 42.5 Å². The van der Waals surface area contributed by atoms with Crippen molar-refractivity contribution in [3.63, 3.8) is 0 Å². The van der Waals surface area contributed by atoms with Gasteiger partial charge in [-0.05, 0) is 68.5 Å². The number of fused-ring (bicyclic) bond motifs is 3. The van der Waals surface area contributed by atoms with Gasteiger partial charge in [0.15, 0.2) is 24.8 Å². The van der Waals surface area contributed by atoms with E-state index >= 15 is 0 Å². The van der Waals surface area contributed by atoms with E-state index in [0.29, 0.717) is 31.4 Å². The number of hydrogen-bond acceptors (Lipinski definition) is 5. The molecule has 10 heteroatoms. The van der Waals surface area contributed by atoms with Gasteiger partial charge in [-0.25, -0.2) is 13.2 Å². The summed E-state index contributed by atoms with van der Waals surface area (Å²) < 4.78 is 49.9. The van der Waals surface area contributed by atoms with Gasteiger partial charge in [0.05, 0.1) is 11.6 Å². The Morgan fingerprint density at radius 2 is 1.44 bits per heavy atom. The SMILES string of the molecule is O=C(COc1ccc(F)c(F)c1)NC12CCC(NC(=O)COc3ccc(F)cc3)(CC1)C(O)C2. The fraction of sp³-hybridized carbons (Fsp3) is 0.417. The van der Waals surface area contributed by atoms with Crippen LogP contribution in [0.5, 0.6) is 11.5 Å². The van der Waals surface area contributed by atoms with Crippen molar-refractivity contribution in [1.29, 1.82) is 0 Å². The Balaban J connectivity index is 1.27. The van der Waals surface area contributed by atoms with Crippen molar-refractivity contribution in [1.82, 2.24) is 10.6 Å². The molecule has 2 aromatic carbocycles. The van der Waals surface area contributed by atoms with Crippen molar-refractivity contribution in [2.75, 3.05) is 13.2 Å². The first-order valence-electron chi connectivity index (χ1n) is 11.0. The average Bonchev–Trinajstić information content (AvgIpc) is 2.81. The van der Waals surface area contributed by atoms with E-state index in [2.05, 4.69) is 10.6 Å². The summed E-state index contributed by atoms with van der Waals surface area (Å²) in [4.78, 5) is 24.9. The molecule has 34 heavy (non-hydrogen) atoms. The summed E-state index contributed by atoms with van der Waals surface area (Å²) in [6.07, 6.45) is 1.38. The second-order valence-corrected chi connectivity index (χ2v) is 8.86. The molecule has 0 aromatic heterocycles. The molecule has 3 fully saturated rings. The zero-order chi connectivity index (χ0) is 24.3. The predicted molar refractivity (Wildman–Crippen MR) is 115 cm³/mol. The van der Waals surface area contributed by atoms with Crippen molar-refractivity contribution >= 4 is 11.8 Å². The molecule has 0 spiro atoms. The van der Waals surface area contributed by atoms with E-state index in [1.54, 1.807) is 0 Å². The molecular weight excluding hydrogens is 453 g/mol. The van der Waals surface area contributed by atoms with Crippen LogP contribution < -0.4 is 20.1 Å². The summed E-state index contributed by atoms with van der Waals surface area (Å²) in [5.74, 6) is -2.94. The summed E-state index contributed by atoms with van der Waals surface area (Å²) in [6, 6.07) is 8.31. The summed E-state index contributed by atoms with van der Waals surface area (Å²) in [7, 11) is 0. The molecule has 2 bridgehead atoms. The van der Waals surface area contributed by atoms with Crippen LogP contribution in [0.2, 0.25) is 0 Å². The third-order valence-electron chi connectivity index (χ3n) is 6.56. The maximum absolute atomic E-state index is 13.3. The predicted octanol–water partition coefficient (Wildman–Crippen LogP) is 2.61. The van der Waals surface area contributed by atoms with Crippen molar-refractivity contribution in [2.45, 2.75) is 49.3 Å². The van der Waals surface area contributed by atoms with Crippen molar-refractivity contribution in [3.05, 3.63) is 59.9 Å². The Kier molecular flexibility index (Phi) is 6.70. The number of aliphatic hydroxyl groups is 1. The fourth-order valence-electron chi connectivity index (χ4n) is 4.70. The smallest absolute Gasteiger partial charge is 0.258 e. The van der Waals surface area contributed by atoms with E-state index in [-0.39, 0.29) is 25.4 Å². The van der Waals surface area contributed by atoms with E-state index in [9.17, 15) is 27.9 Å². The third kappa shape index (κ3) is 5.27. The first-order chi connectivity index (χ1) is 16.2. The zero-order valence-corrected chi connectivity index (χ0v) is 18.3. The summed E-state index contributed by atoms with van der Waals surface area (Å²) >= 11 is 0. The lowest BCUT2D eigenvalue weighted by molar-refractivity contribution is -0.137. The highest BCUT2D eigenvalue weighted by atomic mass is 19.2. The third-order valence-corrected chi connectivity index (χ3v) is 6.56. The van der Waals surface area contributed by atoms with Crippen LogP contribution in [-0.2, 0) is 9.59 Å². The van der Waals surface area contributed by atoms with Crippen molar-refractivity contribution in [3.8, 4) is 11.5 Å². The molecule has 3 saturated carbocycles. The summed E-state index contributed by atoms with van der Waals surface area (Å²) in [6.45, 7) is -0.658. The minimum Gasteiger partial charge on any atom is -0.484 e. The highest BCUT2D eigenvalue weighted by molar-refractivity contribution is 5.79. The van der Waals surface area contributed by atoms with Gasteiger partial charge in [0.2, 0.25) is 0 Å². The lowest BCUT2D eigenvalue weighted by atomic mass is 9.60. The fourth-order valence-corrected chi connectivity index (χ4v) is 4.70. The van der Waals surface area contributed by atoms with Crippen LogP contribution in [0, 0.1) is 17.5 Å². The van der Waals surface area contributed by atoms with Crippen LogP contribution in [0.4, 0.5) is 13.2 Å². The molecule has 3 N–H and O–H groups in total. The topological polar surface area (TPSA) is 96.9 Å². The van der Waals surface area contributed by atoms with Crippen molar-refractivity contribution < 1.29 is 37.3 Å². The van der Waals surface area contributed by atoms with Crippen LogP contribution in [-0.4, -0.2) is 47.3 Å². The Morgan fingerprint density at radius 1 is 0.853 bits per heavy atom. The molecule has 7 nitrogen and oxygen atoms in total. The average molecular weight is 478 g/mol. The molecule has 1 unspecified atom stereocenters. The molecule has 1 atom stereocenters. The van der Waals surface area contributed by atoms with Gasteiger partial charge >= 0.3 is 0 Å². The normalized spacial score (nSPS) is 25.5. The van der Waals surface area contributed by atoms with E-state index in [4.69, 9.17) is 9.47 Å². The number of rotatable bonds is 8. The van der Waals surface area contributed by atoms with Crippen molar-refractivity contribution in [2.24, 2.45) is 0 Å². The van der Waals surface area contributed by atoms with Gasteiger partial charge in [0.1, 0.15) is 17.3 Å². The van der Waals surface area contributed by atoms with Crippen LogP contribution in [0.25, 0.3) is 0 Å². The Bertz CT molecular complexity index is 1060. The molecule has 3 aliphatic rings. The van der Waals surface area contributed by atoms with Crippen LogP contribution >= 0.6 is 0 Å². The quantitative estimate of drug-likeness (QED) is 0.542. The monoisotopic (exact) mass is 478 g/mol. The minimum atomic E-state index is -1.07. The van der Waals surface area contributed by atoms with Gasteiger partial charge in [-0.15, -0.1) is 0 Å². The van der Waals surface area contributed by atoms with E-state index in [1.807, 2.05) is 0 Å². The highest BCUT2D eigenvalue weighted by Crippen LogP contribution is 2.47. The van der Waals surface area contributed by atoms with Gasteiger partial charge in [-0.1, -0.05) is 0 Å². The van der Waals surface area contributed by atoms with Crippen LogP contribution in [0.1, 0.15) is 32.1 Å². The number of amides is 2. The molecule has 0 saturated heterocycles. The summed E-state index contributed by atoms with van der Waals surface area (Å²) in [5, 5.41) is 16.6. The molecule has 2 amide bonds. The number of carbonyl (C=O) groups is 2. The first-order valence-corrected chi connectivity index (χ1v) is 11.0. The lowest BCUT2D eigenvalue weighted by Crippen LogP contribution is -2.70. The number of halogens is 3. The zero-order valence-electron chi connectivity index (χ0n) is 18.3. The Morgan fingerprint density at radius 3 is 2.06 bits per heavy atom. The van der Waals surface area contributed by atoms with E-state index < -0.39 is 46.4 Å². The second kappa shape index (κ2) is 9.54. The molecule has 5 rings (SSSR count). The molecule has 0 aliphatic heterocycles. The number of aliphatic hydroxyl groups excluding tert-OH is 1. The number of hydrogen-bond donors (Lipinski definition) is 3. The van der Waals surface area contributed by atoms with E-state index in [0.717, 1.165) is 12.1 Å². The van der Waals surface area contributed by atoms with Gasteiger partial charge in [0.25, 0.3) is 11.8 Å². The molecule has 2 aromatic rings. The van der Waals surface area contributed by atoms with Gasteiger partial charge in [-0.2, -0.15) is 0 Å². The van der Waals surface area contributed by atoms with Crippen LogP contribution in [0.3, 0.4) is 0 Å². The number of carbonyl (C=O) groups excluding carboxylic acids is 2. The highest BCUT2D eigenvalue weighted by Gasteiger charge is 2.55. The Labute approximate surface area is 194 Å². The standard InChI is InChI=1S/C24H25F3N2O5/c25-15-1-3-16(4-2-15)33-14-22(32)29-24-9-7-23(8-10-24,12-20(24)30)28-21(31)13-34-17-5-6-18(26)19(27)11-17/h1-6,11,20,30H,7-10,12-14H2,(H,28,31)(H,29,32). The van der Waals surface area contributed by atoms with Gasteiger partial charge < -0.3 is 25.2 Å². The van der Waals surface area contributed by atoms with Gasteiger partial charge in [-0.3, -0.25) is 9.59 Å². The van der Waals surface area contributed by atoms with Gasteiger partial charge in [0, 0.05) is 11.6 Å². The lowest BCUT2D eigenvalue weighted by Gasteiger charge is -2.56. The number of nitrogens with one attached hydrogen (secondary N) is 2. The Hall–Kier alpha value is -3.27. The molecule has 3 aliphatic carbocycles. The molecule has 0 radical (unpaired) electrons. The second-order valence-electron chi connectivity index (χ2n) is 8.86. The minimum absolute atomic E-state index is 0.0310. The maximum atomic E-state index is 13.3.